The molecule has 5 nitrogen and oxygen atoms in total. The van der Waals surface area contributed by atoms with E-state index in [4.69, 9.17) is 4.42 Å². The van der Waals surface area contributed by atoms with Crippen molar-refractivity contribution in [2.45, 2.75) is 33.1 Å². The zero-order valence-electron chi connectivity index (χ0n) is 18.8. The van der Waals surface area contributed by atoms with Gasteiger partial charge in [0.25, 0.3) is 11.8 Å². The molecule has 0 bridgehead atoms. The second kappa shape index (κ2) is 7.97. The van der Waals surface area contributed by atoms with Gasteiger partial charge in [-0.15, -0.1) is 0 Å². The fourth-order valence-corrected chi connectivity index (χ4v) is 5.23. The van der Waals surface area contributed by atoms with Crippen LogP contribution in [0.5, 0.6) is 0 Å². The summed E-state index contributed by atoms with van der Waals surface area (Å²) in [6.45, 7) is 5.47. The van der Waals surface area contributed by atoms with Gasteiger partial charge in [-0.05, 0) is 56.2 Å². The van der Waals surface area contributed by atoms with E-state index in [0.717, 1.165) is 23.4 Å². The van der Waals surface area contributed by atoms with Gasteiger partial charge in [0.05, 0.1) is 0 Å². The Morgan fingerprint density at radius 1 is 0.909 bits per heavy atom. The molecule has 172 valence electrons. The molecule has 2 saturated heterocycles. The molecule has 3 heterocycles. The summed E-state index contributed by atoms with van der Waals surface area (Å²) in [5.41, 5.74) is 1.23. The van der Waals surface area contributed by atoms with Crippen molar-refractivity contribution in [2.24, 2.45) is 5.41 Å². The normalized spacial score (nSPS) is 17.8. The van der Waals surface area contributed by atoms with E-state index in [2.05, 4.69) is 0 Å². The quantitative estimate of drug-likeness (QED) is 0.544. The van der Waals surface area contributed by atoms with Gasteiger partial charge >= 0.3 is 0 Å². The fourth-order valence-electron chi connectivity index (χ4n) is 5.23. The van der Waals surface area contributed by atoms with Crippen LogP contribution in [0.25, 0.3) is 11.0 Å². The predicted octanol–water partition coefficient (Wildman–Crippen LogP) is 5.10. The summed E-state index contributed by atoms with van der Waals surface area (Å²) >= 11 is 0. The Hall–Kier alpha value is -3.22. The lowest BCUT2D eigenvalue weighted by Crippen LogP contribution is -2.45. The summed E-state index contributed by atoms with van der Waals surface area (Å²) in [5.74, 6) is -1.96. The molecular formula is C26H26F2N2O3. The summed E-state index contributed by atoms with van der Waals surface area (Å²) in [6.07, 6.45) is 2.22. The number of hydrogen-bond acceptors (Lipinski definition) is 3. The van der Waals surface area contributed by atoms with Crippen molar-refractivity contribution in [3.63, 3.8) is 0 Å². The van der Waals surface area contributed by atoms with Gasteiger partial charge in [-0.3, -0.25) is 9.59 Å². The molecule has 1 spiro atoms. The number of piperidine rings is 1. The van der Waals surface area contributed by atoms with E-state index in [-0.39, 0.29) is 16.9 Å². The van der Waals surface area contributed by atoms with Crippen molar-refractivity contribution in [2.75, 3.05) is 26.2 Å². The lowest BCUT2D eigenvalue weighted by molar-refractivity contribution is 0.0552. The van der Waals surface area contributed by atoms with E-state index < -0.39 is 23.1 Å². The number of hydrogen-bond donors (Lipinski definition) is 0. The second-order valence-corrected chi connectivity index (χ2v) is 9.37. The molecule has 0 atom stereocenters. The van der Waals surface area contributed by atoms with Gasteiger partial charge in [0.2, 0.25) is 0 Å². The van der Waals surface area contributed by atoms with E-state index in [1.165, 1.54) is 17.9 Å². The van der Waals surface area contributed by atoms with Gasteiger partial charge in [0.15, 0.2) is 5.76 Å². The first-order valence-corrected chi connectivity index (χ1v) is 11.3. The monoisotopic (exact) mass is 452 g/mol. The van der Waals surface area contributed by atoms with Crippen LogP contribution in [0.4, 0.5) is 8.78 Å². The predicted molar refractivity (Wildman–Crippen MR) is 120 cm³/mol. The highest BCUT2D eigenvalue weighted by molar-refractivity contribution is 5.99. The second-order valence-electron chi connectivity index (χ2n) is 9.37. The number of benzene rings is 2. The summed E-state index contributed by atoms with van der Waals surface area (Å²) in [6, 6.07) is 10.1. The van der Waals surface area contributed by atoms with E-state index in [1.54, 1.807) is 0 Å². The number of furan rings is 1. The smallest absolute Gasteiger partial charge is 0.289 e. The van der Waals surface area contributed by atoms with Gasteiger partial charge < -0.3 is 14.2 Å². The zero-order valence-corrected chi connectivity index (χ0v) is 18.8. The number of fused-ring (bicyclic) bond motifs is 1. The van der Waals surface area contributed by atoms with Crippen molar-refractivity contribution in [3.05, 3.63) is 70.5 Å². The number of aryl methyl sites for hydroxylation is 2. The third-order valence-electron chi connectivity index (χ3n) is 7.37. The minimum Gasteiger partial charge on any atom is -0.451 e. The number of carbonyl (C=O) groups excluding carboxylic acids is 2. The summed E-state index contributed by atoms with van der Waals surface area (Å²) < 4.78 is 34.5. The fraction of sp³-hybridized carbons (Fsp3) is 0.385. The highest BCUT2D eigenvalue weighted by atomic mass is 19.1. The van der Waals surface area contributed by atoms with Crippen LogP contribution in [0.15, 0.2) is 40.8 Å². The van der Waals surface area contributed by atoms with Gasteiger partial charge in [0, 0.05) is 37.1 Å². The summed E-state index contributed by atoms with van der Waals surface area (Å²) in [4.78, 5) is 29.4. The highest BCUT2D eigenvalue weighted by Crippen LogP contribution is 2.41. The molecule has 0 radical (unpaired) electrons. The molecule has 2 aliphatic rings. The standard InChI is InChI=1S/C26H26F2N2O3/c1-16-7-8-19(27)21(22(16)28)24(31)29-12-9-26(10-13-29)11-14-30(15-26)25(32)23-17(2)18-5-3-4-6-20(18)33-23/h3-8H,9-15H2,1-2H3. The number of likely N-dealkylation sites (tertiary alicyclic amines) is 2. The van der Waals surface area contributed by atoms with Crippen molar-refractivity contribution in [1.29, 1.82) is 0 Å². The largest absolute Gasteiger partial charge is 0.451 e. The minimum atomic E-state index is -0.831. The molecular weight excluding hydrogens is 426 g/mol. The van der Waals surface area contributed by atoms with E-state index in [0.29, 0.717) is 50.4 Å². The molecule has 3 aromatic rings. The van der Waals surface area contributed by atoms with Gasteiger partial charge in [-0.2, -0.15) is 0 Å². The highest BCUT2D eigenvalue weighted by Gasteiger charge is 2.44. The number of para-hydroxylation sites is 1. The third kappa shape index (κ3) is 3.59. The molecule has 0 saturated carbocycles. The maximum absolute atomic E-state index is 14.4. The van der Waals surface area contributed by atoms with Crippen LogP contribution in [0, 0.1) is 30.9 Å². The average Bonchev–Trinajstić information content (AvgIpc) is 3.38. The Balaban J connectivity index is 1.28. The van der Waals surface area contributed by atoms with E-state index in [9.17, 15) is 18.4 Å². The number of nitrogens with zero attached hydrogens (tertiary/aromatic N) is 2. The molecule has 2 aromatic carbocycles. The lowest BCUT2D eigenvalue weighted by atomic mass is 9.77. The maximum atomic E-state index is 14.4. The van der Waals surface area contributed by atoms with Crippen molar-refractivity contribution >= 4 is 22.8 Å². The SMILES string of the molecule is Cc1ccc(F)c(C(=O)N2CCC3(CCN(C(=O)c4oc5ccccc5c4C)C3)CC2)c1F. The van der Waals surface area contributed by atoms with Gasteiger partial charge in [-0.25, -0.2) is 8.78 Å². The number of rotatable bonds is 2. The van der Waals surface area contributed by atoms with Crippen LogP contribution in [-0.4, -0.2) is 47.8 Å². The molecule has 33 heavy (non-hydrogen) atoms. The Bertz CT molecular complexity index is 1260. The third-order valence-corrected chi connectivity index (χ3v) is 7.37. The van der Waals surface area contributed by atoms with Crippen LogP contribution in [0.1, 0.15) is 51.3 Å². The van der Waals surface area contributed by atoms with Crippen LogP contribution in [-0.2, 0) is 0 Å². The Labute approximate surface area is 191 Å². The molecule has 7 heteroatoms. The maximum Gasteiger partial charge on any atom is 0.289 e. The van der Waals surface area contributed by atoms with Crippen LogP contribution in [0.2, 0.25) is 0 Å². The topological polar surface area (TPSA) is 53.8 Å². The van der Waals surface area contributed by atoms with Gasteiger partial charge in [-0.1, -0.05) is 24.3 Å². The summed E-state index contributed by atoms with van der Waals surface area (Å²) in [7, 11) is 0. The van der Waals surface area contributed by atoms with Crippen LogP contribution in [0.3, 0.4) is 0 Å². The van der Waals surface area contributed by atoms with Crippen LogP contribution >= 0.6 is 0 Å². The molecule has 0 N–H and O–H groups in total. The first-order valence-electron chi connectivity index (χ1n) is 11.3. The van der Waals surface area contributed by atoms with Crippen molar-refractivity contribution in [1.82, 2.24) is 9.80 Å². The number of carbonyl (C=O) groups is 2. The molecule has 2 aliphatic heterocycles. The number of amides is 2. The van der Waals surface area contributed by atoms with E-state index >= 15 is 0 Å². The molecule has 1 aromatic heterocycles. The summed E-state index contributed by atoms with van der Waals surface area (Å²) in [5, 5.41) is 0.942. The molecule has 2 fully saturated rings. The van der Waals surface area contributed by atoms with E-state index in [1.807, 2.05) is 36.1 Å². The Morgan fingerprint density at radius 2 is 1.58 bits per heavy atom. The minimum absolute atomic E-state index is 0.0872. The van der Waals surface area contributed by atoms with Crippen molar-refractivity contribution in [3.8, 4) is 0 Å². The average molecular weight is 453 g/mol. The molecule has 0 unspecified atom stereocenters. The van der Waals surface area contributed by atoms with Crippen LogP contribution < -0.4 is 0 Å². The van der Waals surface area contributed by atoms with Crippen molar-refractivity contribution < 1.29 is 22.8 Å². The zero-order chi connectivity index (χ0) is 23.3. The van der Waals surface area contributed by atoms with Gasteiger partial charge in [0.1, 0.15) is 22.8 Å². The molecule has 5 rings (SSSR count). The molecule has 0 aliphatic carbocycles. The molecule has 2 amide bonds. The Morgan fingerprint density at radius 3 is 2.27 bits per heavy atom. The number of halogens is 2. The first kappa shape index (κ1) is 21.6. The first-order chi connectivity index (χ1) is 15.8. The Kier molecular flexibility index (Phi) is 5.22. The lowest BCUT2D eigenvalue weighted by Gasteiger charge is -2.39.